The number of anilines is 3. The first kappa shape index (κ1) is 45.2. The monoisotopic (exact) mass is 929 g/mol. The maximum absolute atomic E-state index is 2.38. The highest BCUT2D eigenvalue weighted by molar-refractivity contribution is 7.26. The average molecular weight is 930 g/mol. The van der Waals surface area contributed by atoms with Gasteiger partial charge in [0.2, 0.25) is 0 Å². The van der Waals surface area contributed by atoms with Crippen molar-refractivity contribution in [2.24, 2.45) is 0 Å². The summed E-state index contributed by atoms with van der Waals surface area (Å²) in [7, 11) is 0. The highest BCUT2D eigenvalue weighted by atomic mass is 32.1. The number of allylic oxidation sites excluding steroid dienone is 4. The fraction of sp³-hybridized carbons (Fsp3) is 0.0725. The van der Waals surface area contributed by atoms with Gasteiger partial charge in [-0.15, -0.1) is 11.3 Å². The Morgan fingerprint density at radius 3 is 1.56 bits per heavy atom. The topological polar surface area (TPSA) is 3.24 Å². The summed E-state index contributed by atoms with van der Waals surface area (Å²) in [6, 6.07) is 88.1. The lowest BCUT2D eigenvalue weighted by Gasteiger charge is -2.26. The van der Waals surface area contributed by atoms with E-state index >= 15 is 0 Å². The molecule has 1 aliphatic carbocycles. The number of fused-ring (bicyclic) bond motifs is 3. The minimum Gasteiger partial charge on any atom is -0.311 e. The van der Waals surface area contributed by atoms with E-state index in [4.69, 9.17) is 0 Å². The highest BCUT2D eigenvalue weighted by Gasteiger charge is 2.17. The van der Waals surface area contributed by atoms with E-state index in [0.717, 1.165) is 29.9 Å². The zero-order valence-electron chi connectivity index (χ0n) is 40.5. The maximum Gasteiger partial charge on any atom is 0.0462 e. The summed E-state index contributed by atoms with van der Waals surface area (Å²) in [5, 5.41) is 2.65. The molecule has 10 aromatic carbocycles. The predicted octanol–water partition coefficient (Wildman–Crippen LogP) is 20.1. The second-order valence-electron chi connectivity index (χ2n) is 18.6. The van der Waals surface area contributed by atoms with E-state index in [1.54, 1.807) is 0 Å². The molecule has 11 aromatic rings. The van der Waals surface area contributed by atoms with E-state index in [0.29, 0.717) is 0 Å². The second kappa shape index (κ2) is 20.3. The molecule has 342 valence electrons. The van der Waals surface area contributed by atoms with Gasteiger partial charge in [-0.1, -0.05) is 212 Å². The van der Waals surface area contributed by atoms with Crippen molar-refractivity contribution < 1.29 is 0 Å². The molecule has 2 heteroatoms. The van der Waals surface area contributed by atoms with Crippen LogP contribution in [0.2, 0.25) is 0 Å². The van der Waals surface area contributed by atoms with Crippen LogP contribution in [0.3, 0.4) is 0 Å². The minimum atomic E-state index is 1.04. The molecule has 0 spiro atoms. The summed E-state index contributed by atoms with van der Waals surface area (Å²) in [6.45, 7) is 6.50. The third kappa shape index (κ3) is 9.68. The van der Waals surface area contributed by atoms with Crippen LogP contribution < -0.4 is 4.90 Å². The Labute approximate surface area is 423 Å². The van der Waals surface area contributed by atoms with Gasteiger partial charge in [0.05, 0.1) is 0 Å². The largest absolute Gasteiger partial charge is 0.311 e. The number of benzene rings is 10. The van der Waals surface area contributed by atoms with Crippen LogP contribution in [0.1, 0.15) is 40.7 Å². The molecule has 0 N–H and O–H groups in total. The third-order valence-electron chi connectivity index (χ3n) is 13.8. The average Bonchev–Trinajstić information content (AvgIpc) is 3.82. The van der Waals surface area contributed by atoms with Crippen LogP contribution >= 0.6 is 11.3 Å². The molecule has 0 atom stereocenters. The SMILES string of the molecule is Cc1ccc(-c2ccccc2)cc1.Cc1ccccc1-c1cc(-c2ccc(N(c3ccc(C4=CC(c5ccccc5)=CCC4)cc3)c3ccc(-c4cccc5c4sc4ccccc45)cc3)cc2)ccc1C. The Morgan fingerprint density at radius 2 is 0.873 bits per heavy atom. The molecule has 0 saturated heterocycles. The van der Waals surface area contributed by atoms with Crippen molar-refractivity contribution in [1.82, 2.24) is 0 Å². The smallest absolute Gasteiger partial charge is 0.0462 e. The molecule has 1 heterocycles. The molecule has 0 saturated carbocycles. The van der Waals surface area contributed by atoms with Gasteiger partial charge in [0.1, 0.15) is 0 Å². The van der Waals surface area contributed by atoms with Crippen molar-refractivity contribution in [3.63, 3.8) is 0 Å². The summed E-state index contributed by atoms with van der Waals surface area (Å²) in [4.78, 5) is 2.38. The van der Waals surface area contributed by atoms with E-state index in [9.17, 15) is 0 Å². The Morgan fingerprint density at radius 1 is 0.366 bits per heavy atom. The van der Waals surface area contributed by atoms with E-state index in [1.165, 1.54) is 104 Å². The Hall–Kier alpha value is -8.30. The normalized spacial score (nSPS) is 12.2. The van der Waals surface area contributed by atoms with Crippen LogP contribution in [-0.4, -0.2) is 0 Å². The summed E-state index contributed by atoms with van der Waals surface area (Å²) >= 11 is 1.88. The van der Waals surface area contributed by atoms with Gasteiger partial charge in [0.25, 0.3) is 0 Å². The van der Waals surface area contributed by atoms with Gasteiger partial charge < -0.3 is 4.90 Å². The molecule has 0 fully saturated rings. The van der Waals surface area contributed by atoms with Gasteiger partial charge in [0.15, 0.2) is 0 Å². The molecule has 0 radical (unpaired) electrons. The number of hydrogen-bond acceptors (Lipinski definition) is 2. The van der Waals surface area contributed by atoms with Crippen molar-refractivity contribution in [2.45, 2.75) is 33.6 Å². The molecule has 12 rings (SSSR count). The number of nitrogens with zero attached hydrogens (tertiary/aromatic N) is 1. The molecule has 1 aliphatic rings. The maximum atomic E-state index is 2.38. The van der Waals surface area contributed by atoms with Crippen molar-refractivity contribution >= 4 is 59.7 Å². The van der Waals surface area contributed by atoms with Gasteiger partial charge in [-0.05, 0) is 160 Å². The van der Waals surface area contributed by atoms with Crippen molar-refractivity contribution in [3.05, 3.63) is 283 Å². The number of thiophene rings is 1. The zero-order valence-corrected chi connectivity index (χ0v) is 41.3. The first-order valence-corrected chi connectivity index (χ1v) is 25.5. The number of rotatable bonds is 9. The number of aryl methyl sites for hydroxylation is 3. The molecule has 0 bridgehead atoms. The first-order valence-electron chi connectivity index (χ1n) is 24.7. The summed E-state index contributed by atoms with van der Waals surface area (Å²) in [5.41, 5.74) is 22.5. The molecule has 1 aromatic heterocycles. The zero-order chi connectivity index (χ0) is 48.1. The quantitative estimate of drug-likeness (QED) is 0.139. The van der Waals surface area contributed by atoms with Gasteiger partial charge >= 0.3 is 0 Å². The standard InChI is InChI=1S/C56H43NS.C13H12/c1-38-12-6-7-17-50(38)54-37-46(23-22-39(54)2)42-26-32-48(33-27-42)57(47-30-24-41(25-31-47)45-16-10-15-44(36-45)40-13-4-3-5-14-40)49-34-28-43(29-35-49)51-19-11-20-53-52-18-8-9-21-55(52)58-56(51)53;1-11-7-9-13(10-8-11)12-5-3-2-4-6-12/h3-9,11-15,17-37H,10,16H2,1-2H3;2-10H,1H3. The fourth-order valence-corrected chi connectivity index (χ4v) is 11.2. The van der Waals surface area contributed by atoms with Crippen LogP contribution in [0.5, 0.6) is 0 Å². The van der Waals surface area contributed by atoms with E-state index in [2.05, 4.69) is 274 Å². The van der Waals surface area contributed by atoms with Gasteiger partial charge in [-0.25, -0.2) is 0 Å². The summed E-state index contributed by atoms with van der Waals surface area (Å²) in [5.74, 6) is 0. The van der Waals surface area contributed by atoms with Crippen LogP contribution in [0.4, 0.5) is 17.1 Å². The van der Waals surface area contributed by atoms with Crippen LogP contribution in [-0.2, 0) is 0 Å². The molecule has 0 unspecified atom stereocenters. The molecule has 71 heavy (non-hydrogen) atoms. The lowest BCUT2D eigenvalue weighted by atomic mass is 9.90. The third-order valence-corrected chi connectivity index (χ3v) is 15.1. The molecule has 0 aliphatic heterocycles. The minimum absolute atomic E-state index is 1.04. The molecular formula is C69H55NS. The highest BCUT2D eigenvalue weighted by Crippen LogP contribution is 2.43. The van der Waals surface area contributed by atoms with E-state index < -0.39 is 0 Å². The Bertz CT molecular complexity index is 3670. The summed E-state index contributed by atoms with van der Waals surface area (Å²) in [6.07, 6.45) is 6.82. The second-order valence-corrected chi connectivity index (χ2v) is 19.6. The Balaban J connectivity index is 0.000000364. The summed E-state index contributed by atoms with van der Waals surface area (Å²) < 4.78 is 2.66. The van der Waals surface area contributed by atoms with Crippen molar-refractivity contribution in [2.75, 3.05) is 4.90 Å². The van der Waals surface area contributed by atoms with E-state index in [-0.39, 0.29) is 0 Å². The number of hydrogen-bond donors (Lipinski definition) is 0. The van der Waals surface area contributed by atoms with Crippen molar-refractivity contribution in [1.29, 1.82) is 0 Å². The van der Waals surface area contributed by atoms with Crippen LogP contribution in [0.15, 0.2) is 255 Å². The predicted molar refractivity (Wildman–Crippen MR) is 308 cm³/mol. The first-order chi connectivity index (χ1) is 34.9. The molecule has 1 nitrogen and oxygen atoms in total. The van der Waals surface area contributed by atoms with E-state index in [1.807, 2.05) is 17.4 Å². The lowest BCUT2D eigenvalue weighted by molar-refractivity contribution is 1.06. The van der Waals surface area contributed by atoms with Gasteiger partial charge in [-0.3, -0.25) is 0 Å². The molecule has 0 amide bonds. The van der Waals surface area contributed by atoms with Gasteiger partial charge in [-0.2, -0.15) is 0 Å². The fourth-order valence-electron chi connectivity index (χ4n) is 9.94. The van der Waals surface area contributed by atoms with Crippen LogP contribution in [0, 0.1) is 20.8 Å². The Kier molecular flexibility index (Phi) is 12.9. The lowest BCUT2D eigenvalue weighted by Crippen LogP contribution is -2.10. The van der Waals surface area contributed by atoms with Crippen molar-refractivity contribution in [3.8, 4) is 44.5 Å². The van der Waals surface area contributed by atoms with Crippen LogP contribution in [0.25, 0.3) is 75.8 Å². The molecular weight excluding hydrogens is 875 g/mol. The van der Waals surface area contributed by atoms with Gasteiger partial charge in [0, 0.05) is 37.2 Å².